The Kier molecular flexibility index (Phi) is 7.84. The number of rotatable bonds is 4. The molecule has 1 saturated heterocycles. The number of ether oxygens (including phenoxy) is 1. The summed E-state index contributed by atoms with van der Waals surface area (Å²) < 4.78 is 19.5. The van der Waals surface area contributed by atoms with Gasteiger partial charge in [0.15, 0.2) is 0 Å². The van der Waals surface area contributed by atoms with E-state index in [9.17, 15) is 29.6 Å². The zero-order chi connectivity index (χ0) is 32.3. The van der Waals surface area contributed by atoms with Gasteiger partial charge in [0.1, 0.15) is 31.1 Å². The van der Waals surface area contributed by atoms with Crippen molar-refractivity contribution in [3.63, 3.8) is 0 Å². The van der Waals surface area contributed by atoms with Crippen LogP contribution in [-0.4, -0.2) is 63.6 Å². The number of carbonyl (C=O) groups is 1. The van der Waals surface area contributed by atoms with Crippen molar-refractivity contribution in [2.45, 2.75) is 150 Å². The van der Waals surface area contributed by atoms with Crippen LogP contribution in [0.3, 0.4) is 0 Å². The van der Waals surface area contributed by atoms with E-state index in [1.807, 2.05) is 0 Å². The Labute approximate surface area is 264 Å². The average molecular weight is 619 g/mol. The second kappa shape index (κ2) is 10.5. The van der Waals surface area contributed by atoms with Crippen LogP contribution < -0.4 is 0 Å². The lowest BCUT2D eigenvalue weighted by Gasteiger charge is -2.71. The monoisotopic (exact) mass is 618 g/mol. The largest absolute Gasteiger partial charge is 0.481 e. The predicted octanol–water partition coefficient (Wildman–Crippen LogP) is 6.70. The van der Waals surface area contributed by atoms with Gasteiger partial charge in [0.25, 0.3) is 0 Å². The fourth-order valence-electron chi connectivity index (χ4n) is 12.8. The summed E-state index contributed by atoms with van der Waals surface area (Å²) in [7, 11) is 0. The summed E-state index contributed by atoms with van der Waals surface area (Å²) in [5.41, 5.74) is 1.14. The van der Waals surface area contributed by atoms with Crippen LogP contribution in [0.4, 0.5) is 4.39 Å². The van der Waals surface area contributed by atoms with E-state index in [-0.39, 0.29) is 38.9 Å². The Morgan fingerprint density at radius 2 is 1.52 bits per heavy atom. The minimum atomic E-state index is -1.42. The fourth-order valence-corrected chi connectivity index (χ4v) is 12.8. The molecule has 250 valence electrons. The topological polar surface area (TPSA) is 107 Å². The first-order valence-corrected chi connectivity index (χ1v) is 17.6. The van der Waals surface area contributed by atoms with Gasteiger partial charge in [0, 0.05) is 0 Å². The molecule has 5 unspecified atom stereocenters. The van der Waals surface area contributed by atoms with Gasteiger partial charge in [0.05, 0.1) is 11.5 Å². The van der Waals surface area contributed by atoms with Gasteiger partial charge in [-0.25, -0.2) is 4.39 Å². The fraction of sp³-hybridized carbons (Fsp3) is 0.919. The number of halogens is 1. The first kappa shape index (κ1) is 32.9. The van der Waals surface area contributed by atoms with Crippen LogP contribution in [0, 0.1) is 56.2 Å². The second-order valence-electron chi connectivity index (χ2n) is 18.3. The van der Waals surface area contributed by atoms with Crippen molar-refractivity contribution >= 4 is 5.97 Å². The molecule has 6 nitrogen and oxygen atoms in total. The predicted molar refractivity (Wildman–Crippen MR) is 167 cm³/mol. The zero-order valence-corrected chi connectivity index (χ0v) is 28.2. The van der Waals surface area contributed by atoms with Gasteiger partial charge in [-0.3, -0.25) is 4.79 Å². The number of aliphatic hydroxyl groups is 3. The van der Waals surface area contributed by atoms with Crippen LogP contribution in [0.25, 0.3) is 0 Å². The van der Waals surface area contributed by atoms with Gasteiger partial charge in [-0.1, -0.05) is 60.1 Å². The molecule has 5 aliphatic carbocycles. The number of carboxylic acid groups (broad SMARTS) is 1. The number of aliphatic carboxylic acids is 1. The number of alkyl halides is 1. The first-order chi connectivity index (χ1) is 20.4. The molecule has 1 heterocycles. The van der Waals surface area contributed by atoms with Crippen LogP contribution in [0.15, 0.2) is 11.6 Å². The molecule has 0 aromatic carbocycles. The standard InChI is InChI=1S/C37H59FO6/c1-32(2)14-16-37(31(42)43)17-15-35(6)22(23(37)19-32)8-9-27-34(5)12-10-21(33(3,4)26(34)11-13-36(27,35)7)18-24-28(39)30(41)29(40)25(20-38)44-24/h8,21,23-30,39-41H,9-20H2,1-7H3,(H,42,43)/t21-,23?,24+,25?,26?,27?,28?,29-,30-,34+,35-,36-,37+/m1/s1. The first-order valence-electron chi connectivity index (χ1n) is 17.6. The lowest BCUT2D eigenvalue weighted by atomic mass is 9.33. The summed E-state index contributed by atoms with van der Waals surface area (Å²) in [6, 6.07) is 0. The highest BCUT2D eigenvalue weighted by molar-refractivity contribution is 5.76. The summed E-state index contributed by atoms with van der Waals surface area (Å²) in [5, 5.41) is 42.1. The summed E-state index contributed by atoms with van der Waals surface area (Å²) in [5.74, 6) is 0.737. The number of aliphatic hydroxyl groups excluding tert-OH is 3. The summed E-state index contributed by atoms with van der Waals surface area (Å²) in [6.45, 7) is 16.0. The summed E-state index contributed by atoms with van der Waals surface area (Å²) in [6.07, 6.45) is 6.92. The van der Waals surface area contributed by atoms with E-state index in [1.54, 1.807) is 0 Å². The maximum atomic E-state index is 13.6. The molecule has 13 atom stereocenters. The van der Waals surface area contributed by atoms with E-state index in [1.165, 1.54) is 5.57 Å². The maximum absolute atomic E-state index is 13.6. The molecule has 1 aliphatic heterocycles. The maximum Gasteiger partial charge on any atom is 0.310 e. The highest BCUT2D eigenvalue weighted by Gasteiger charge is 2.69. The van der Waals surface area contributed by atoms with E-state index in [0.717, 1.165) is 64.2 Å². The number of carboxylic acids is 1. The van der Waals surface area contributed by atoms with Crippen molar-refractivity contribution in [2.24, 2.45) is 56.2 Å². The van der Waals surface area contributed by atoms with E-state index < -0.39 is 48.6 Å². The highest BCUT2D eigenvalue weighted by Crippen LogP contribution is 2.76. The molecule has 44 heavy (non-hydrogen) atoms. The molecule has 0 radical (unpaired) electrons. The minimum Gasteiger partial charge on any atom is -0.481 e. The normalized spacial score (nSPS) is 52.9. The molecule has 4 saturated carbocycles. The van der Waals surface area contributed by atoms with Crippen molar-refractivity contribution < 1.29 is 34.3 Å². The molecule has 6 aliphatic rings. The molecule has 0 bridgehead atoms. The molecule has 0 aromatic rings. The quantitative estimate of drug-likeness (QED) is 0.261. The number of hydrogen-bond acceptors (Lipinski definition) is 5. The molecule has 0 aromatic heterocycles. The third kappa shape index (κ3) is 4.40. The smallest absolute Gasteiger partial charge is 0.310 e. The summed E-state index contributed by atoms with van der Waals surface area (Å²) >= 11 is 0. The van der Waals surface area contributed by atoms with Crippen molar-refractivity contribution in [1.82, 2.24) is 0 Å². The van der Waals surface area contributed by atoms with E-state index in [4.69, 9.17) is 4.74 Å². The van der Waals surface area contributed by atoms with Gasteiger partial charge >= 0.3 is 5.97 Å². The Hall–Kier alpha value is -1.02. The molecule has 0 spiro atoms. The third-order valence-corrected chi connectivity index (χ3v) is 15.8. The molecular formula is C37H59FO6. The van der Waals surface area contributed by atoms with Crippen LogP contribution in [0.2, 0.25) is 0 Å². The third-order valence-electron chi connectivity index (χ3n) is 15.8. The zero-order valence-electron chi connectivity index (χ0n) is 28.2. The van der Waals surface area contributed by atoms with Gasteiger partial charge in [-0.15, -0.1) is 0 Å². The summed E-state index contributed by atoms with van der Waals surface area (Å²) in [4.78, 5) is 12.9. The minimum absolute atomic E-state index is 0.0136. The lowest BCUT2D eigenvalue weighted by Crippen LogP contribution is -2.65. The molecule has 7 heteroatoms. The van der Waals surface area contributed by atoms with Crippen molar-refractivity contribution in [3.05, 3.63) is 11.6 Å². The van der Waals surface area contributed by atoms with Crippen LogP contribution in [0.5, 0.6) is 0 Å². The van der Waals surface area contributed by atoms with Crippen LogP contribution in [-0.2, 0) is 9.53 Å². The Bertz CT molecular complexity index is 1180. The van der Waals surface area contributed by atoms with Crippen LogP contribution >= 0.6 is 0 Å². The lowest BCUT2D eigenvalue weighted by molar-refractivity contribution is -0.237. The molecule has 5 fully saturated rings. The average Bonchev–Trinajstić information content (AvgIpc) is 2.94. The van der Waals surface area contributed by atoms with Gasteiger partial charge in [0.2, 0.25) is 0 Å². The Morgan fingerprint density at radius 3 is 2.18 bits per heavy atom. The Morgan fingerprint density at radius 1 is 0.864 bits per heavy atom. The molecule has 0 amide bonds. The van der Waals surface area contributed by atoms with Crippen molar-refractivity contribution in [3.8, 4) is 0 Å². The number of hydrogen-bond donors (Lipinski definition) is 4. The van der Waals surface area contributed by atoms with Crippen LogP contribution in [0.1, 0.15) is 119 Å². The van der Waals surface area contributed by atoms with Crippen molar-refractivity contribution in [2.75, 3.05) is 6.67 Å². The SMILES string of the molecule is CC1(C)CC[C@]2(C(=O)O)CC[C@]3(C)C(=CCC4[C@@]5(C)CC[C@H](C[C@@H]6OC(CF)[C@@H](O)[C@H](O)C6O)C(C)(C)C5CC[C@]43C)C2C1. The van der Waals surface area contributed by atoms with E-state index >= 15 is 0 Å². The second-order valence-corrected chi connectivity index (χ2v) is 18.3. The number of allylic oxidation sites excluding steroid dienone is 2. The molecule has 6 rings (SSSR count). The van der Waals surface area contributed by atoms with Crippen molar-refractivity contribution in [1.29, 1.82) is 0 Å². The van der Waals surface area contributed by atoms with Gasteiger partial charge < -0.3 is 25.2 Å². The van der Waals surface area contributed by atoms with E-state index in [0.29, 0.717) is 18.3 Å². The Balaban J connectivity index is 1.29. The molecular weight excluding hydrogens is 559 g/mol. The van der Waals surface area contributed by atoms with Gasteiger partial charge in [-0.2, -0.15) is 0 Å². The number of fused-ring (bicyclic) bond motifs is 7. The highest BCUT2D eigenvalue weighted by atomic mass is 19.1. The van der Waals surface area contributed by atoms with E-state index in [2.05, 4.69) is 54.5 Å². The van der Waals surface area contributed by atoms with Gasteiger partial charge in [-0.05, 0) is 121 Å². The molecule has 4 N–H and O–H groups in total.